The number of nitrogens with zero attached hydrogens (tertiary/aromatic N) is 7. The van der Waals surface area contributed by atoms with Gasteiger partial charge < -0.3 is 29.2 Å². The number of piperazine rings is 1. The highest BCUT2D eigenvalue weighted by Crippen LogP contribution is 2.35. The topological polar surface area (TPSA) is 121 Å². The molecule has 8 rings (SSSR count). The predicted molar refractivity (Wildman–Crippen MR) is 189 cm³/mol. The number of carbonyl (C=O) groups excluding carboxylic acids is 1. The third-order valence-electron chi connectivity index (χ3n) is 10.8. The minimum Gasteiger partial charge on any atom is -0.392 e. The van der Waals surface area contributed by atoms with E-state index in [1.807, 2.05) is 24.4 Å². The zero-order valence-electron chi connectivity index (χ0n) is 28.4. The van der Waals surface area contributed by atoms with Crippen LogP contribution < -0.4 is 20.7 Å². The number of hydrogen-bond donors (Lipinski definition) is 2. The van der Waals surface area contributed by atoms with Crippen molar-refractivity contribution in [2.75, 3.05) is 48.0 Å². The van der Waals surface area contributed by atoms with Crippen molar-refractivity contribution >= 4 is 28.9 Å². The molecule has 1 amide bonds. The lowest BCUT2D eigenvalue weighted by molar-refractivity contribution is -0.0828. The number of ether oxygens (including phenoxy) is 1. The van der Waals surface area contributed by atoms with E-state index in [1.165, 1.54) is 15.8 Å². The number of fused-ring (bicyclic) bond motifs is 3. The van der Waals surface area contributed by atoms with Gasteiger partial charge >= 0.3 is 0 Å². The Balaban J connectivity index is 1.04. The summed E-state index contributed by atoms with van der Waals surface area (Å²) >= 11 is 0. The Bertz CT molecular complexity index is 1950. The minimum absolute atomic E-state index is 0.101. The quantitative estimate of drug-likeness (QED) is 0.305. The first kappa shape index (κ1) is 31.7. The van der Waals surface area contributed by atoms with Crippen LogP contribution in [-0.4, -0.2) is 86.0 Å². The molecule has 4 aliphatic rings. The highest BCUT2D eigenvalue weighted by molar-refractivity contribution is 6.06. The molecule has 4 aromatic rings. The van der Waals surface area contributed by atoms with Gasteiger partial charge in [-0.25, -0.2) is 9.97 Å². The summed E-state index contributed by atoms with van der Waals surface area (Å²) in [4.78, 5) is 43.1. The van der Waals surface area contributed by atoms with Crippen molar-refractivity contribution in [3.63, 3.8) is 0 Å². The Morgan fingerprint density at radius 1 is 1.00 bits per heavy atom. The summed E-state index contributed by atoms with van der Waals surface area (Å²) in [5, 5.41) is 13.9. The maximum atomic E-state index is 13.8. The molecule has 2 saturated heterocycles. The van der Waals surface area contributed by atoms with Crippen molar-refractivity contribution in [3.05, 3.63) is 81.8 Å². The summed E-state index contributed by atoms with van der Waals surface area (Å²) in [6, 6.07) is 10.9. The molecule has 2 N–H and O–H groups in total. The lowest BCUT2D eigenvalue weighted by atomic mass is 9.98. The van der Waals surface area contributed by atoms with E-state index in [9.17, 15) is 14.7 Å². The first-order valence-corrected chi connectivity index (χ1v) is 17.5. The molecule has 1 aliphatic carbocycles. The Hall–Kier alpha value is -4.52. The molecule has 3 aliphatic heterocycles. The zero-order valence-corrected chi connectivity index (χ0v) is 28.4. The van der Waals surface area contributed by atoms with Crippen LogP contribution in [0.25, 0.3) is 11.1 Å². The summed E-state index contributed by atoms with van der Waals surface area (Å²) in [5.74, 6) is 0.906. The molecule has 12 nitrogen and oxygen atoms in total. The second-order valence-electron chi connectivity index (χ2n) is 14.0. The van der Waals surface area contributed by atoms with E-state index >= 15 is 0 Å². The summed E-state index contributed by atoms with van der Waals surface area (Å²) in [7, 11) is 1.70. The molecule has 12 heteroatoms. The van der Waals surface area contributed by atoms with Gasteiger partial charge in [-0.1, -0.05) is 0 Å². The Morgan fingerprint density at radius 2 is 1.84 bits per heavy atom. The molecular weight excluding hydrogens is 620 g/mol. The minimum atomic E-state index is -0.311. The van der Waals surface area contributed by atoms with Crippen LogP contribution in [0.1, 0.15) is 54.0 Å². The van der Waals surface area contributed by atoms with Crippen LogP contribution >= 0.6 is 0 Å². The van der Waals surface area contributed by atoms with E-state index in [-0.39, 0.29) is 18.1 Å². The SMILES string of the molecule is C[C@@H]1CN(C2COC2)[C@H](C)CN1c1ccc(Nc2cc(-c3ccnc(N4CCn5c(cc6c5CCCC6)C4=O)c3CO)cn(C)c2=O)nc1. The second kappa shape index (κ2) is 12.7. The lowest BCUT2D eigenvalue weighted by Gasteiger charge is -2.50. The number of amides is 1. The maximum Gasteiger partial charge on any atom is 0.276 e. The van der Waals surface area contributed by atoms with Gasteiger partial charge in [0.15, 0.2) is 0 Å². The summed E-state index contributed by atoms with van der Waals surface area (Å²) in [6.07, 6.45) is 9.59. The molecule has 256 valence electrons. The van der Waals surface area contributed by atoms with Crippen molar-refractivity contribution in [1.29, 1.82) is 0 Å². The molecule has 2 atom stereocenters. The Morgan fingerprint density at radius 3 is 2.59 bits per heavy atom. The predicted octanol–water partition coefficient (Wildman–Crippen LogP) is 3.72. The van der Waals surface area contributed by atoms with Crippen LogP contribution in [0.5, 0.6) is 0 Å². The highest BCUT2D eigenvalue weighted by atomic mass is 16.5. The number of hydrogen-bond acceptors (Lipinski definition) is 9. The van der Waals surface area contributed by atoms with Crippen LogP contribution in [0, 0.1) is 0 Å². The van der Waals surface area contributed by atoms with Crippen molar-refractivity contribution in [2.45, 2.75) is 70.8 Å². The van der Waals surface area contributed by atoms with Gasteiger partial charge in [0.25, 0.3) is 11.5 Å². The summed E-state index contributed by atoms with van der Waals surface area (Å²) < 4.78 is 9.13. The third-order valence-corrected chi connectivity index (χ3v) is 10.8. The van der Waals surface area contributed by atoms with Gasteiger partial charge in [-0.3, -0.25) is 19.4 Å². The van der Waals surface area contributed by atoms with E-state index in [2.05, 4.69) is 44.6 Å². The Labute approximate surface area is 285 Å². The fraction of sp³-hybridized carbons (Fsp3) is 0.459. The van der Waals surface area contributed by atoms with Gasteiger partial charge in [0.05, 0.1) is 37.7 Å². The molecule has 0 aromatic carbocycles. The fourth-order valence-electron chi connectivity index (χ4n) is 8.13. The zero-order chi connectivity index (χ0) is 33.8. The van der Waals surface area contributed by atoms with Gasteiger partial charge in [-0.05, 0) is 81.0 Å². The van der Waals surface area contributed by atoms with Gasteiger partial charge in [-0.15, -0.1) is 0 Å². The van der Waals surface area contributed by atoms with Gasteiger partial charge in [0, 0.05) is 74.5 Å². The van der Waals surface area contributed by atoms with Crippen LogP contribution in [0.15, 0.2) is 53.7 Å². The number of aliphatic hydroxyl groups is 1. The maximum absolute atomic E-state index is 13.8. The second-order valence-corrected chi connectivity index (χ2v) is 14.0. The van der Waals surface area contributed by atoms with E-state index in [0.29, 0.717) is 65.4 Å². The van der Waals surface area contributed by atoms with Crippen LogP contribution in [-0.2, 0) is 37.8 Å². The van der Waals surface area contributed by atoms with Crippen molar-refractivity contribution in [3.8, 4) is 11.1 Å². The number of carbonyl (C=O) groups is 1. The molecule has 0 bridgehead atoms. The Kier molecular flexibility index (Phi) is 8.25. The molecule has 0 unspecified atom stereocenters. The number of pyridine rings is 3. The first-order chi connectivity index (χ1) is 23.8. The molecule has 4 aromatic heterocycles. The average Bonchev–Trinajstić information content (AvgIpc) is 3.47. The first-order valence-electron chi connectivity index (χ1n) is 17.5. The standard InChI is InChI=1S/C37H44N8O4/c1-23-18-45(28-21-49-22-28)24(2)17-44(23)27-8-9-34(39-16-27)40-31-14-26(19-41(3)36(31)47)29-10-11-38-35(30(29)20-46)43-13-12-42-32-7-5-4-6-25(32)15-33(42)37(43)48/h8-11,14-16,19,23-24,28,46H,4-7,12-13,17-18,20-22H2,1-3H3,(H,39,40)/t23-,24-/m1/s1. The number of aliphatic hydroxyl groups excluding tert-OH is 1. The number of anilines is 4. The van der Waals surface area contributed by atoms with E-state index in [0.717, 1.165) is 63.2 Å². The average molecular weight is 665 g/mol. The highest BCUT2D eigenvalue weighted by Gasteiger charge is 2.37. The monoisotopic (exact) mass is 664 g/mol. The van der Waals surface area contributed by atoms with Gasteiger partial charge in [0.1, 0.15) is 23.0 Å². The molecule has 0 spiro atoms. The number of aromatic nitrogens is 4. The third kappa shape index (κ3) is 5.61. The number of nitrogens with one attached hydrogen (secondary N) is 1. The van der Waals surface area contributed by atoms with E-state index in [4.69, 9.17) is 9.72 Å². The van der Waals surface area contributed by atoms with Crippen molar-refractivity contribution in [2.24, 2.45) is 7.05 Å². The molecule has 7 heterocycles. The fourth-order valence-corrected chi connectivity index (χ4v) is 8.13. The molecule has 49 heavy (non-hydrogen) atoms. The van der Waals surface area contributed by atoms with Crippen molar-refractivity contribution < 1.29 is 14.6 Å². The van der Waals surface area contributed by atoms with Gasteiger partial charge in [0.2, 0.25) is 0 Å². The lowest BCUT2D eigenvalue weighted by Crippen LogP contribution is -2.63. The summed E-state index contributed by atoms with van der Waals surface area (Å²) in [5.41, 5.74) is 6.42. The number of rotatable bonds is 7. The van der Waals surface area contributed by atoms with E-state index < -0.39 is 0 Å². The summed E-state index contributed by atoms with van der Waals surface area (Å²) in [6.45, 7) is 8.89. The van der Waals surface area contributed by atoms with Crippen LogP contribution in [0.3, 0.4) is 0 Å². The van der Waals surface area contributed by atoms with Crippen LogP contribution in [0.4, 0.5) is 23.0 Å². The number of aryl methyl sites for hydroxylation is 2. The molecule has 0 saturated carbocycles. The normalized spacial score (nSPS) is 21.3. The molecule has 0 radical (unpaired) electrons. The van der Waals surface area contributed by atoms with Gasteiger partial charge in [-0.2, -0.15) is 0 Å². The van der Waals surface area contributed by atoms with Crippen LogP contribution in [0.2, 0.25) is 0 Å². The molecular formula is C37H44N8O4. The largest absolute Gasteiger partial charge is 0.392 e. The smallest absolute Gasteiger partial charge is 0.276 e. The van der Waals surface area contributed by atoms with E-state index in [1.54, 1.807) is 30.4 Å². The molecule has 2 fully saturated rings. The van der Waals surface area contributed by atoms with Crippen molar-refractivity contribution in [1.82, 2.24) is 24.0 Å².